The highest BCUT2D eigenvalue weighted by Crippen LogP contribution is 2.12. The molecule has 0 spiro atoms. The maximum absolute atomic E-state index is 11.3. The van der Waals surface area contributed by atoms with Gasteiger partial charge >= 0.3 is 0 Å². The second-order valence-electron chi connectivity index (χ2n) is 4.43. The summed E-state index contributed by atoms with van der Waals surface area (Å²) in [5, 5.41) is 0. The standard InChI is InChI=1S/C16H17NO3/c1-12(18)14-7-8-17-15(9-14)11-20-10-13-3-5-16(19-2)6-4-13/h3-9H,10-11H2,1-2H3. The van der Waals surface area contributed by atoms with E-state index in [1.165, 1.54) is 6.92 Å². The highest BCUT2D eigenvalue weighted by atomic mass is 16.5. The number of Topliss-reactive ketones (excluding diaryl/α,β-unsaturated/α-hetero) is 1. The summed E-state index contributed by atoms with van der Waals surface area (Å²) in [7, 11) is 1.64. The van der Waals surface area contributed by atoms with Crippen molar-refractivity contribution in [1.29, 1.82) is 0 Å². The fraction of sp³-hybridized carbons (Fsp3) is 0.250. The topological polar surface area (TPSA) is 48.4 Å². The van der Waals surface area contributed by atoms with E-state index in [4.69, 9.17) is 9.47 Å². The molecular formula is C16H17NO3. The largest absolute Gasteiger partial charge is 0.497 e. The Kier molecular flexibility index (Phi) is 4.85. The first-order valence-corrected chi connectivity index (χ1v) is 6.35. The van der Waals surface area contributed by atoms with Crippen LogP contribution in [0.25, 0.3) is 0 Å². The van der Waals surface area contributed by atoms with E-state index in [1.54, 1.807) is 25.4 Å². The molecule has 1 aromatic heterocycles. The normalized spacial score (nSPS) is 10.3. The fourth-order valence-electron chi connectivity index (χ4n) is 1.77. The average Bonchev–Trinajstić information content (AvgIpc) is 2.48. The summed E-state index contributed by atoms with van der Waals surface area (Å²) in [6, 6.07) is 11.2. The summed E-state index contributed by atoms with van der Waals surface area (Å²) in [6.45, 7) is 2.42. The smallest absolute Gasteiger partial charge is 0.159 e. The molecule has 0 saturated carbocycles. The first-order valence-electron chi connectivity index (χ1n) is 6.35. The lowest BCUT2D eigenvalue weighted by molar-refractivity contribution is 0.101. The Morgan fingerprint density at radius 1 is 1.15 bits per heavy atom. The van der Waals surface area contributed by atoms with Gasteiger partial charge in [0.15, 0.2) is 5.78 Å². The van der Waals surface area contributed by atoms with Crippen LogP contribution >= 0.6 is 0 Å². The third-order valence-electron chi connectivity index (χ3n) is 2.90. The molecule has 0 aliphatic carbocycles. The zero-order valence-corrected chi connectivity index (χ0v) is 11.6. The van der Waals surface area contributed by atoms with Crippen molar-refractivity contribution in [2.24, 2.45) is 0 Å². The number of carbonyl (C=O) groups excluding carboxylic acids is 1. The summed E-state index contributed by atoms with van der Waals surface area (Å²) in [5.41, 5.74) is 2.47. The first-order chi connectivity index (χ1) is 9.69. The molecule has 1 heterocycles. The van der Waals surface area contributed by atoms with E-state index in [9.17, 15) is 4.79 Å². The van der Waals surface area contributed by atoms with Crippen molar-refractivity contribution in [3.63, 3.8) is 0 Å². The maximum atomic E-state index is 11.3. The molecule has 20 heavy (non-hydrogen) atoms. The zero-order chi connectivity index (χ0) is 14.4. The molecule has 4 nitrogen and oxygen atoms in total. The molecule has 1 aromatic carbocycles. The molecule has 0 amide bonds. The van der Waals surface area contributed by atoms with Crippen LogP contribution in [0.3, 0.4) is 0 Å². The SMILES string of the molecule is COc1ccc(COCc2cc(C(C)=O)ccn2)cc1. The monoisotopic (exact) mass is 271 g/mol. The minimum Gasteiger partial charge on any atom is -0.497 e. The third kappa shape index (κ3) is 3.90. The molecule has 0 unspecified atom stereocenters. The van der Waals surface area contributed by atoms with E-state index < -0.39 is 0 Å². The van der Waals surface area contributed by atoms with Gasteiger partial charge in [0, 0.05) is 11.8 Å². The van der Waals surface area contributed by atoms with Crippen LogP contribution in [-0.4, -0.2) is 17.9 Å². The Bertz CT molecular complexity index is 579. The molecule has 0 N–H and O–H groups in total. The number of pyridine rings is 1. The fourth-order valence-corrected chi connectivity index (χ4v) is 1.77. The van der Waals surface area contributed by atoms with Crippen LogP contribution in [0.15, 0.2) is 42.6 Å². The van der Waals surface area contributed by atoms with Gasteiger partial charge in [-0.05, 0) is 36.8 Å². The van der Waals surface area contributed by atoms with Gasteiger partial charge in [0.05, 0.1) is 26.0 Å². The Morgan fingerprint density at radius 2 is 1.90 bits per heavy atom. The molecule has 0 fully saturated rings. The van der Waals surface area contributed by atoms with Crippen LogP contribution < -0.4 is 4.74 Å². The summed E-state index contributed by atoms with van der Waals surface area (Å²) >= 11 is 0. The van der Waals surface area contributed by atoms with Gasteiger partial charge in [-0.2, -0.15) is 0 Å². The quantitative estimate of drug-likeness (QED) is 0.758. The lowest BCUT2D eigenvalue weighted by Crippen LogP contribution is -2.00. The van der Waals surface area contributed by atoms with Crippen molar-refractivity contribution in [2.75, 3.05) is 7.11 Å². The number of rotatable bonds is 6. The highest BCUT2D eigenvalue weighted by Gasteiger charge is 2.02. The molecule has 0 saturated heterocycles. The second kappa shape index (κ2) is 6.82. The van der Waals surface area contributed by atoms with Crippen molar-refractivity contribution in [1.82, 2.24) is 4.98 Å². The van der Waals surface area contributed by atoms with Gasteiger partial charge in [-0.3, -0.25) is 9.78 Å². The lowest BCUT2D eigenvalue weighted by atomic mass is 10.2. The summed E-state index contributed by atoms with van der Waals surface area (Å²) in [6.07, 6.45) is 1.63. The van der Waals surface area contributed by atoms with E-state index in [2.05, 4.69) is 4.98 Å². The van der Waals surface area contributed by atoms with Crippen molar-refractivity contribution < 1.29 is 14.3 Å². The summed E-state index contributed by atoms with van der Waals surface area (Å²) in [5.74, 6) is 0.855. The minimum absolute atomic E-state index is 0.0313. The van der Waals surface area contributed by atoms with Gasteiger partial charge < -0.3 is 9.47 Å². The van der Waals surface area contributed by atoms with Gasteiger partial charge in [0.25, 0.3) is 0 Å². The first kappa shape index (κ1) is 14.2. The Balaban J connectivity index is 1.88. The third-order valence-corrected chi connectivity index (χ3v) is 2.90. The molecule has 0 atom stereocenters. The molecule has 2 rings (SSSR count). The predicted octanol–water partition coefficient (Wildman–Crippen LogP) is 3.01. The molecule has 0 aliphatic heterocycles. The maximum Gasteiger partial charge on any atom is 0.159 e. The van der Waals surface area contributed by atoms with Crippen molar-refractivity contribution in [3.8, 4) is 5.75 Å². The average molecular weight is 271 g/mol. The molecule has 0 radical (unpaired) electrons. The Hall–Kier alpha value is -2.20. The molecule has 0 aliphatic rings. The summed E-state index contributed by atoms with van der Waals surface area (Å²) < 4.78 is 10.7. The van der Waals surface area contributed by atoms with E-state index >= 15 is 0 Å². The number of ether oxygens (including phenoxy) is 2. The van der Waals surface area contributed by atoms with Gasteiger partial charge in [0.1, 0.15) is 5.75 Å². The Morgan fingerprint density at radius 3 is 2.55 bits per heavy atom. The predicted molar refractivity (Wildman–Crippen MR) is 75.7 cm³/mol. The van der Waals surface area contributed by atoms with Crippen LogP contribution in [0.4, 0.5) is 0 Å². The van der Waals surface area contributed by atoms with Crippen LogP contribution in [0.5, 0.6) is 5.75 Å². The number of hydrogen-bond acceptors (Lipinski definition) is 4. The minimum atomic E-state index is 0.0313. The van der Waals surface area contributed by atoms with Crippen molar-refractivity contribution in [3.05, 3.63) is 59.4 Å². The van der Waals surface area contributed by atoms with Gasteiger partial charge in [-0.25, -0.2) is 0 Å². The Labute approximate surface area is 118 Å². The second-order valence-corrected chi connectivity index (χ2v) is 4.43. The lowest BCUT2D eigenvalue weighted by Gasteiger charge is -2.06. The van der Waals surface area contributed by atoms with Gasteiger partial charge in [-0.1, -0.05) is 12.1 Å². The van der Waals surface area contributed by atoms with E-state index in [-0.39, 0.29) is 5.78 Å². The van der Waals surface area contributed by atoms with Crippen molar-refractivity contribution in [2.45, 2.75) is 20.1 Å². The van der Waals surface area contributed by atoms with Crippen LogP contribution in [-0.2, 0) is 18.0 Å². The van der Waals surface area contributed by atoms with E-state index in [0.29, 0.717) is 18.8 Å². The molecular weight excluding hydrogens is 254 g/mol. The number of aromatic nitrogens is 1. The molecule has 104 valence electrons. The number of benzene rings is 1. The number of hydrogen-bond donors (Lipinski definition) is 0. The number of methoxy groups -OCH3 is 1. The number of ketones is 1. The van der Waals surface area contributed by atoms with Crippen LogP contribution in [0, 0.1) is 0 Å². The van der Waals surface area contributed by atoms with E-state index in [0.717, 1.165) is 17.0 Å². The van der Waals surface area contributed by atoms with Crippen LogP contribution in [0.1, 0.15) is 28.5 Å². The zero-order valence-electron chi connectivity index (χ0n) is 11.6. The number of nitrogens with zero attached hydrogens (tertiary/aromatic N) is 1. The van der Waals surface area contributed by atoms with Crippen LogP contribution in [0.2, 0.25) is 0 Å². The highest BCUT2D eigenvalue weighted by molar-refractivity contribution is 5.93. The van der Waals surface area contributed by atoms with Crippen molar-refractivity contribution >= 4 is 5.78 Å². The molecule has 2 aromatic rings. The summed E-state index contributed by atoms with van der Waals surface area (Å²) in [4.78, 5) is 15.5. The molecule has 4 heteroatoms. The van der Waals surface area contributed by atoms with E-state index in [1.807, 2.05) is 24.3 Å². The van der Waals surface area contributed by atoms with Gasteiger partial charge in [-0.15, -0.1) is 0 Å². The molecule has 0 bridgehead atoms. The van der Waals surface area contributed by atoms with Gasteiger partial charge in [0.2, 0.25) is 0 Å². The number of carbonyl (C=O) groups is 1.